The second-order valence-corrected chi connectivity index (χ2v) is 8.89. The first kappa shape index (κ1) is 20.4. The van der Waals surface area contributed by atoms with Crippen LogP contribution in [-0.2, 0) is 16.2 Å². The maximum Gasteiger partial charge on any atom is 0.323 e. The number of benzene rings is 2. The van der Waals surface area contributed by atoms with Crippen molar-refractivity contribution in [2.24, 2.45) is 0 Å². The van der Waals surface area contributed by atoms with Gasteiger partial charge in [0.1, 0.15) is 0 Å². The van der Waals surface area contributed by atoms with Crippen LogP contribution >= 0.6 is 11.8 Å². The van der Waals surface area contributed by atoms with E-state index < -0.39 is 16.8 Å². The third kappa shape index (κ3) is 3.66. The molecule has 0 saturated carbocycles. The maximum absolute atomic E-state index is 12.9. The number of aliphatic hydroxyl groups excluding tert-OH is 1. The van der Waals surface area contributed by atoms with Crippen molar-refractivity contribution in [3.8, 4) is 0 Å². The first-order chi connectivity index (χ1) is 13.3. The number of carbonyl (C=O) groups excluding carboxylic acids is 1. The molecule has 0 aromatic heterocycles. The predicted octanol–water partition coefficient (Wildman–Crippen LogP) is 3.78. The van der Waals surface area contributed by atoms with Gasteiger partial charge in [0.2, 0.25) is 5.91 Å². The summed E-state index contributed by atoms with van der Waals surface area (Å²) in [4.78, 5) is 28.0. The molecule has 5 nitrogen and oxygen atoms in total. The molecule has 0 spiro atoms. The molecule has 1 saturated heterocycles. The van der Waals surface area contributed by atoms with Gasteiger partial charge in [-0.05, 0) is 44.0 Å². The normalized spacial score (nSPS) is 22.1. The van der Waals surface area contributed by atoms with E-state index in [9.17, 15) is 19.8 Å². The van der Waals surface area contributed by atoms with Gasteiger partial charge < -0.3 is 15.1 Å². The molecule has 1 fully saturated rings. The van der Waals surface area contributed by atoms with Crippen molar-refractivity contribution in [3.63, 3.8) is 0 Å². The second kappa shape index (κ2) is 7.97. The molecule has 148 valence electrons. The molecule has 2 aromatic rings. The third-order valence-corrected chi connectivity index (χ3v) is 6.55. The number of hydrogen-bond acceptors (Lipinski definition) is 4. The van der Waals surface area contributed by atoms with Crippen molar-refractivity contribution in [1.29, 1.82) is 0 Å². The number of aryl methyl sites for hydroxylation is 1. The molecule has 2 aromatic carbocycles. The monoisotopic (exact) mass is 399 g/mol. The van der Waals surface area contributed by atoms with Gasteiger partial charge in [0.05, 0.1) is 19.1 Å². The smallest absolute Gasteiger partial charge is 0.323 e. The van der Waals surface area contributed by atoms with Gasteiger partial charge in [-0.1, -0.05) is 42.0 Å². The Morgan fingerprint density at radius 2 is 1.79 bits per heavy atom. The van der Waals surface area contributed by atoms with E-state index in [-0.39, 0.29) is 25.0 Å². The Bertz CT molecular complexity index is 863. The Morgan fingerprint density at radius 1 is 1.18 bits per heavy atom. The summed E-state index contributed by atoms with van der Waals surface area (Å²) in [6.07, 6.45) is -0.0640. The maximum atomic E-state index is 12.9. The van der Waals surface area contributed by atoms with E-state index in [1.165, 1.54) is 11.8 Å². The summed E-state index contributed by atoms with van der Waals surface area (Å²) in [7, 11) is 0. The molecule has 1 amide bonds. The number of hydrogen-bond donors (Lipinski definition) is 2. The number of carboxylic acids is 1. The van der Waals surface area contributed by atoms with Gasteiger partial charge in [-0.15, -0.1) is 11.8 Å². The average Bonchev–Trinajstić information content (AvgIpc) is 2.97. The molecular formula is C22H25NO4S. The average molecular weight is 400 g/mol. The van der Waals surface area contributed by atoms with E-state index in [4.69, 9.17) is 0 Å². The predicted molar refractivity (Wildman–Crippen MR) is 109 cm³/mol. The third-order valence-electron chi connectivity index (χ3n) is 5.14. The molecule has 1 aliphatic heterocycles. The molecule has 6 heteroatoms. The van der Waals surface area contributed by atoms with Crippen LogP contribution in [0.15, 0.2) is 53.4 Å². The van der Waals surface area contributed by atoms with E-state index in [1.54, 1.807) is 17.0 Å². The zero-order valence-corrected chi connectivity index (χ0v) is 17.1. The number of nitrogens with zero attached hydrogens (tertiary/aromatic N) is 1. The molecule has 3 rings (SSSR count). The van der Waals surface area contributed by atoms with E-state index >= 15 is 0 Å². The first-order valence-electron chi connectivity index (χ1n) is 9.28. The van der Waals surface area contributed by atoms with Crippen LogP contribution in [-0.4, -0.2) is 37.8 Å². The summed E-state index contributed by atoms with van der Waals surface area (Å²) in [6, 6.07) is 14.2. The highest BCUT2D eigenvalue weighted by Gasteiger charge is 2.59. The van der Waals surface area contributed by atoms with Crippen LogP contribution in [0.2, 0.25) is 0 Å². The Labute approximate surface area is 169 Å². The number of likely N-dealkylation sites (tertiary alicyclic amines) is 1. The zero-order valence-electron chi connectivity index (χ0n) is 16.3. The summed E-state index contributed by atoms with van der Waals surface area (Å²) < 4.78 is -1.32. The molecule has 1 aliphatic rings. The number of aliphatic hydroxyl groups is 1. The lowest BCUT2D eigenvalue weighted by Crippen LogP contribution is -2.43. The van der Waals surface area contributed by atoms with E-state index in [1.807, 2.05) is 57.2 Å². The van der Waals surface area contributed by atoms with Crippen molar-refractivity contribution in [3.05, 3.63) is 65.2 Å². The summed E-state index contributed by atoms with van der Waals surface area (Å²) in [5.74, 6) is -1.15. The minimum atomic E-state index is -1.32. The standard InChI is InChI=1S/C22H25NO4S/c1-14(2)23-19(25)12-22(21(26)27,28-18-10-4-15(3)5-11-18)20(23)17-8-6-16(13-24)7-9-17/h4-11,14,20,24H,12-13H2,1-3H3,(H,26,27)/t20-,22-/m1/s1. The van der Waals surface area contributed by atoms with Crippen molar-refractivity contribution in [1.82, 2.24) is 4.90 Å². The summed E-state index contributed by atoms with van der Waals surface area (Å²) in [6.45, 7) is 5.70. The Hall–Kier alpha value is -2.31. The Kier molecular flexibility index (Phi) is 5.82. The fraction of sp³-hybridized carbons (Fsp3) is 0.364. The highest BCUT2D eigenvalue weighted by Crippen LogP contribution is 2.53. The van der Waals surface area contributed by atoms with Crippen molar-refractivity contribution in [2.45, 2.75) is 55.5 Å². The molecule has 0 unspecified atom stereocenters. The van der Waals surface area contributed by atoms with Gasteiger partial charge in [0, 0.05) is 10.9 Å². The van der Waals surface area contributed by atoms with Crippen LogP contribution in [0.3, 0.4) is 0 Å². The number of rotatable bonds is 6. The summed E-state index contributed by atoms with van der Waals surface area (Å²) in [5, 5.41) is 19.6. The summed E-state index contributed by atoms with van der Waals surface area (Å²) >= 11 is 1.24. The highest BCUT2D eigenvalue weighted by molar-refractivity contribution is 8.01. The number of carbonyl (C=O) groups is 2. The number of carboxylic acid groups (broad SMARTS) is 1. The van der Waals surface area contributed by atoms with E-state index in [0.29, 0.717) is 0 Å². The second-order valence-electron chi connectivity index (χ2n) is 7.48. The molecule has 0 bridgehead atoms. The van der Waals surface area contributed by atoms with Crippen molar-refractivity contribution >= 4 is 23.6 Å². The Balaban J connectivity index is 2.12. The lowest BCUT2D eigenvalue weighted by Gasteiger charge is -2.36. The van der Waals surface area contributed by atoms with Gasteiger partial charge in [0.15, 0.2) is 4.75 Å². The minimum absolute atomic E-state index is 0.0640. The number of thioether (sulfide) groups is 1. The molecule has 0 radical (unpaired) electrons. The molecule has 0 aliphatic carbocycles. The van der Waals surface area contributed by atoms with Gasteiger partial charge in [-0.2, -0.15) is 0 Å². The summed E-state index contributed by atoms with van der Waals surface area (Å²) in [5.41, 5.74) is 2.60. The first-order valence-corrected chi connectivity index (χ1v) is 10.1. The lowest BCUT2D eigenvalue weighted by molar-refractivity contribution is -0.140. The van der Waals surface area contributed by atoms with Crippen LogP contribution in [0.25, 0.3) is 0 Å². The van der Waals surface area contributed by atoms with Crippen LogP contribution in [0.5, 0.6) is 0 Å². The molecule has 2 atom stereocenters. The van der Waals surface area contributed by atoms with Crippen molar-refractivity contribution < 1.29 is 19.8 Å². The number of aliphatic carboxylic acids is 1. The highest BCUT2D eigenvalue weighted by atomic mass is 32.2. The van der Waals surface area contributed by atoms with Crippen LogP contribution < -0.4 is 0 Å². The number of amides is 1. The topological polar surface area (TPSA) is 77.8 Å². The molecule has 2 N–H and O–H groups in total. The Morgan fingerprint density at radius 3 is 2.29 bits per heavy atom. The molecule has 28 heavy (non-hydrogen) atoms. The van der Waals surface area contributed by atoms with Crippen molar-refractivity contribution in [2.75, 3.05) is 0 Å². The molecule has 1 heterocycles. The van der Waals surface area contributed by atoms with Crippen LogP contribution in [0.4, 0.5) is 0 Å². The van der Waals surface area contributed by atoms with Crippen LogP contribution in [0.1, 0.15) is 43.0 Å². The zero-order chi connectivity index (χ0) is 20.5. The largest absolute Gasteiger partial charge is 0.480 e. The van der Waals surface area contributed by atoms with Gasteiger partial charge in [-0.3, -0.25) is 9.59 Å². The fourth-order valence-electron chi connectivity index (χ4n) is 3.75. The van der Waals surface area contributed by atoms with Gasteiger partial charge in [-0.25, -0.2) is 0 Å². The van der Waals surface area contributed by atoms with E-state index in [0.717, 1.165) is 21.6 Å². The minimum Gasteiger partial charge on any atom is -0.480 e. The van der Waals surface area contributed by atoms with Crippen LogP contribution in [0, 0.1) is 6.92 Å². The lowest BCUT2D eigenvalue weighted by atomic mass is 9.91. The fourth-order valence-corrected chi connectivity index (χ4v) is 5.08. The van der Waals surface area contributed by atoms with E-state index in [2.05, 4.69) is 0 Å². The van der Waals surface area contributed by atoms with Gasteiger partial charge >= 0.3 is 5.97 Å². The quantitative estimate of drug-likeness (QED) is 0.773. The SMILES string of the molecule is Cc1ccc(S[C@]2(C(=O)O)CC(=O)N(C(C)C)[C@@H]2c2ccc(CO)cc2)cc1. The molecular weight excluding hydrogens is 374 g/mol. The van der Waals surface area contributed by atoms with Gasteiger partial charge in [0.25, 0.3) is 0 Å².